The van der Waals surface area contributed by atoms with Crippen molar-refractivity contribution in [3.63, 3.8) is 0 Å². The van der Waals surface area contributed by atoms with E-state index in [1.165, 1.54) is 103 Å². The maximum Gasteiger partial charge on any atom is 0.268 e. The van der Waals surface area contributed by atoms with Crippen molar-refractivity contribution >= 4 is 7.82 Å². The Labute approximate surface area is 217 Å². The van der Waals surface area contributed by atoms with E-state index in [1.807, 2.05) is 21.1 Å². The number of unbranched alkanes of at least 4 members (excludes halogenated alkanes) is 15. The summed E-state index contributed by atoms with van der Waals surface area (Å²) in [5.74, 6) is 0. The van der Waals surface area contributed by atoms with E-state index in [-0.39, 0.29) is 13.2 Å². The Balaban J connectivity index is 3.49. The maximum atomic E-state index is 11.9. The Kier molecular flexibility index (Phi) is 23.1. The second-order valence-electron chi connectivity index (χ2n) is 10.8. The van der Waals surface area contributed by atoms with E-state index in [4.69, 9.17) is 18.5 Å². The normalized spacial score (nSPS) is 14.8. The Morgan fingerprint density at radius 3 is 1.57 bits per heavy atom. The van der Waals surface area contributed by atoms with Crippen molar-refractivity contribution in [2.24, 2.45) is 0 Å². The molecule has 0 saturated heterocycles. The smallest absolute Gasteiger partial charge is 0.268 e. The molecule has 0 aromatic heterocycles. The molecule has 0 aromatic carbocycles. The largest absolute Gasteiger partial charge is 0.756 e. The molecule has 0 aliphatic carbocycles. The highest BCUT2D eigenvalue weighted by atomic mass is 31.2. The minimum atomic E-state index is -4.32. The number of hydrogen-bond acceptors (Lipinski definition) is 6. The van der Waals surface area contributed by atoms with Crippen LogP contribution in [0.4, 0.5) is 0 Å². The summed E-state index contributed by atoms with van der Waals surface area (Å²) in [6.07, 6.45) is 21.1. The van der Waals surface area contributed by atoms with Gasteiger partial charge >= 0.3 is 0 Å². The Morgan fingerprint density at radius 2 is 1.14 bits per heavy atom. The van der Waals surface area contributed by atoms with Gasteiger partial charge in [0.2, 0.25) is 0 Å². The van der Waals surface area contributed by atoms with Gasteiger partial charge < -0.3 is 27.9 Å². The molecule has 0 N–H and O–H groups in total. The summed E-state index contributed by atoms with van der Waals surface area (Å²) in [5.41, 5.74) is 0. The zero-order chi connectivity index (χ0) is 26.3. The van der Waals surface area contributed by atoms with Crippen LogP contribution in [0.3, 0.4) is 0 Å². The topological polar surface area (TPSA) is 77.1 Å². The van der Waals surface area contributed by atoms with Gasteiger partial charge in [-0.2, -0.15) is 0 Å². The summed E-state index contributed by atoms with van der Waals surface area (Å²) in [6, 6.07) is 0. The second-order valence-corrected chi connectivity index (χ2v) is 12.2. The highest BCUT2D eigenvalue weighted by Crippen LogP contribution is 2.38. The number of hydrogen-bond donors (Lipinski definition) is 0. The van der Waals surface area contributed by atoms with Crippen LogP contribution in [-0.2, 0) is 23.1 Å². The first-order valence-corrected chi connectivity index (χ1v) is 15.7. The standard InChI is InChI=1S/C27H58NO6P/c1-6-7-8-9-10-11-12-13-14-15-16-17-18-19-20-21-23-32-25-27(31-5)26-34-35(29,30)33-24-22-28(2,3)4/h27H,6-26H2,1-5H3/t27-/m1/s1. The van der Waals surface area contributed by atoms with Crippen LogP contribution in [0.5, 0.6) is 0 Å². The van der Waals surface area contributed by atoms with E-state index in [9.17, 15) is 9.46 Å². The maximum absolute atomic E-state index is 11.9. The van der Waals surface area contributed by atoms with Crippen molar-refractivity contribution in [2.45, 2.75) is 116 Å². The average molecular weight is 524 g/mol. The minimum absolute atomic E-state index is 0.0949. The third kappa shape index (κ3) is 26.9. The third-order valence-corrected chi connectivity index (χ3v) is 7.17. The van der Waals surface area contributed by atoms with Crippen LogP contribution in [0.1, 0.15) is 110 Å². The lowest BCUT2D eigenvalue weighted by Gasteiger charge is -2.28. The molecular weight excluding hydrogens is 465 g/mol. The molecule has 7 nitrogen and oxygen atoms in total. The average Bonchev–Trinajstić information content (AvgIpc) is 2.79. The fourth-order valence-electron chi connectivity index (χ4n) is 3.79. The Bertz CT molecular complexity index is 501. The van der Waals surface area contributed by atoms with Gasteiger partial charge in [-0.1, -0.05) is 103 Å². The number of rotatable bonds is 27. The van der Waals surface area contributed by atoms with E-state index in [0.29, 0.717) is 24.2 Å². The predicted octanol–water partition coefficient (Wildman–Crippen LogP) is 6.49. The molecule has 8 heteroatoms. The van der Waals surface area contributed by atoms with Crippen LogP contribution in [0.15, 0.2) is 0 Å². The summed E-state index contributed by atoms with van der Waals surface area (Å²) in [5, 5.41) is 0. The number of phosphoric acid groups is 1. The lowest BCUT2D eigenvalue weighted by Crippen LogP contribution is -2.37. The first kappa shape index (κ1) is 35.0. The molecule has 0 aliphatic heterocycles. The van der Waals surface area contributed by atoms with Crippen LogP contribution in [0.25, 0.3) is 0 Å². The summed E-state index contributed by atoms with van der Waals surface area (Å²) in [4.78, 5) is 11.9. The molecule has 0 saturated carbocycles. The van der Waals surface area contributed by atoms with Crippen LogP contribution in [-0.4, -0.2) is 71.8 Å². The van der Waals surface area contributed by atoms with Crippen LogP contribution < -0.4 is 4.89 Å². The predicted molar refractivity (Wildman–Crippen MR) is 144 cm³/mol. The lowest BCUT2D eigenvalue weighted by atomic mass is 10.0. The van der Waals surface area contributed by atoms with Gasteiger partial charge in [0.25, 0.3) is 7.82 Å². The van der Waals surface area contributed by atoms with E-state index in [2.05, 4.69) is 6.92 Å². The minimum Gasteiger partial charge on any atom is -0.756 e. The molecule has 0 radical (unpaired) electrons. The number of nitrogens with zero attached hydrogens (tertiary/aromatic N) is 1. The summed E-state index contributed by atoms with van der Waals surface area (Å²) >= 11 is 0. The molecule has 0 fully saturated rings. The summed E-state index contributed by atoms with van der Waals surface area (Å²) in [7, 11) is 3.12. The van der Waals surface area contributed by atoms with E-state index < -0.39 is 13.9 Å². The van der Waals surface area contributed by atoms with Crippen LogP contribution >= 0.6 is 7.82 Å². The molecule has 1 unspecified atom stereocenters. The quantitative estimate of drug-likeness (QED) is 0.0696. The van der Waals surface area contributed by atoms with Gasteiger partial charge in [-0.05, 0) is 6.42 Å². The number of phosphoric ester groups is 1. The van der Waals surface area contributed by atoms with Crippen molar-refractivity contribution in [2.75, 3.05) is 61.2 Å². The number of methoxy groups -OCH3 is 1. The Hall–Kier alpha value is -0.0100. The molecule has 35 heavy (non-hydrogen) atoms. The molecule has 0 bridgehead atoms. The molecule has 0 heterocycles. The summed E-state index contributed by atoms with van der Waals surface area (Å²) < 4.78 is 33.3. The van der Waals surface area contributed by atoms with Crippen molar-refractivity contribution < 1.29 is 32.5 Å². The number of likely N-dealkylation sites (N-methyl/N-ethyl adjacent to an activating group) is 1. The first-order valence-electron chi connectivity index (χ1n) is 14.2. The molecule has 0 spiro atoms. The molecule has 0 aliphatic rings. The molecule has 0 rings (SSSR count). The van der Waals surface area contributed by atoms with Crippen molar-refractivity contribution in [3.05, 3.63) is 0 Å². The van der Waals surface area contributed by atoms with Gasteiger partial charge in [-0.3, -0.25) is 4.57 Å². The molecule has 0 aromatic rings. The van der Waals surface area contributed by atoms with Crippen molar-refractivity contribution in [3.8, 4) is 0 Å². The van der Waals surface area contributed by atoms with Gasteiger partial charge in [0.05, 0.1) is 34.4 Å². The van der Waals surface area contributed by atoms with E-state index >= 15 is 0 Å². The van der Waals surface area contributed by atoms with Gasteiger partial charge in [-0.25, -0.2) is 0 Å². The highest BCUT2D eigenvalue weighted by molar-refractivity contribution is 7.45. The highest BCUT2D eigenvalue weighted by Gasteiger charge is 2.16. The third-order valence-electron chi connectivity index (χ3n) is 6.21. The fraction of sp³-hybridized carbons (Fsp3) is 1.00. The van der Waals surface area contributed by atoms with Gasteiger partial charge in [0.1, 0.15) is 19.3 Å². The number of ether oxygens (including phenoxy) is 2. The van der Waals surface area contributed by atoms with E-state index in [1.54, 1.807) is 0 Å². The van der Waals surface area contributed by atoms with Crippen molar-refractivity contribution in [1.82, 2.24) is 0 Å². The van der Waals surface area contributed by atoms with Crippen LogP contribution in [0, 0.1) is 0 Å². The molecular formula is C27H58NO6P. The van der Waals surface area contributed by atoms with Gasteiger partial charge in [-0.15, -0.1) is 0 Å². The second kappa shape index (κ2) is 23.1. The lowest BCUT2D eigenvalue weighted by molar-refractivity contribution is -0.870. The molecule has 212 valence electrons. The first-order chi connectivity index (χ1) is 16.7. The monoisotopic (exact) mass is 523 g/mol. The molecule has 2 atom stereocenters. The zero-order valence-electron chi connectivity index (χ0n) is 23.8. The fourth-order valence-corrected chi connectivity index (χ4v) is 4.52. The van der Waals surface area contributed by atoms with E-state index in [0.717, 1.165) is 6.42 Å². The number of quaternary nitrogens is 1. The van der Waals surface area contributed by atoms with Gasteiger partial charge in [0, 0.05) is 13.7 Å². The summed E-state index contributed by atoms with van der Waals surface area (Å²) in [6.45, 7) is 3.82. The molecule has 0 amide bonds. The SMILES string of the molecule is CCCCCCCCCCCCCCCCCCOC[C@H](COP(=O)([O-])OCC[N+](C)(C)C)OC. The van der Waals surface area contributed by atoms with Crippen molar-refractivity contribution in [1.29, 1.82) is 0 Å². The Morgan fingerprint density at radius 1 is 0.686 bits per heavy atom. The van der Waals surface area contributed by atoms with Crippen LogP contribution in [0.2, 0.25) is 0 Å². The van der Waals surface area contributed by atoms with Gasteiger partial charge in [0.15, 0.2) is 0 Å². The zero-order valence-corrected chi connectivity index (χ0v) is 24.7.